The highest BCUT2D eigenvalue weighted by Crippen LogP contribution is 2.44. The van der Waals surface area contributed by atoms with Crippen LogP contribution in [0.3, 0.4) is 0 Å². The second-order valence-electron chi connectivity index (χ2n) is 8.79. The Kier molecular flexibility index (Phi) is 6.56. The SMILES string of the molecule is O=C(O)C1CCCCN1CC(O)(c1cn(Cc2ccccc2)c2cc([N+](=O)[O-])ccc12)C(F)(F)F. The molecule has 186 valence electrons. The summed E-state index contributed by atoms with van der Waals surface area (Å²) in [4.78, 5) is 23.5. The van der Waals surface area contributed by atoms with Crippen LogP contribution in [0.2, 0.25) is 0 Å². The van der Waals surface area contributed by atoms with E-state index in [4.69, 9.17) is 0 Å². The Labute approximate surface area is 198 Å². The van der Waals surface area contributed by atoms with Gasteiger partial charge in [0.25, 0.3) is 5.69 Å². The summed E-state index contributed by atoms with van der Waals surface area (Å²) >= 11 is 0. The normalized spacial score (nSPS) is 18.9. The molecule has 1 aromatic heterocycles. The first kappa shape index (κ1) is 24.7. The molecule has 8 nitrogen and oxygen atoms in total. The molecule has 35 heavy (non-hydrogen) atoms. The molecule has 0 saturated carbocycles. The van der Waals surface area contributed by atoms with Crippen molar-refractivity contribution in [3.63, 3.8) is 0 Å². The van der Waals surface area contributed by atoms with Gasteiger partial charge in [0.2, 0.25) is 5.60 Å². The molecule has 2 aromatic carbocycles. The molecule has 1 aliphatic rings. The molecule has 2 heterocycles. The first-order valence-electron chi connectivity index (χ1n) is 11.1. The van der Waals surface area contributed by atoms with Crippen molar-refractivity contribution in [1.82, 2.24) is 9.47 Å². The third-order valence-electron chi connectivity index (χ3n) is 6.52. The highest BCUT2D eigenvalue weighted by molar-refractivity contribution is 5.87. The Balaban J connectivity index is 1.87. The van der Waals surface area contributed by atoms with E-state index in [2.05, 4.69) is 0 Å². The summed E-state index contributed by atoms with van der Waals surface area (Å²) in [5.74, 6) is -1.24. The number of benzene rings is 2. The van der Waals surface area contributed by atoms with E-state index in [-0.39, 0.29) is 36.1 Å². The molecule has 0 spiro atoms. The van der Waals surface area contributed by atoms with Gasteiger partial charge in [0.15, 0.2) is 0 Å². The highest BCUT2D eigenvalue weighted by Gasteiger charge is 2.57. The number of rotatable bonds is 7. The number of nitro benzene ring substituents is 1. The summed E-state index contributed by atoms with van der Waals surface area (Å²) in [6.45, 7) is -0.744. The molecule has 0 aliphatic carbocycles. The van der Waals surface area contributed by atoms with Crippen LogP contribution < -0.4 is 0 Å². The molecular weight excluding hydrogens is 467 g/mol. The standard InChI is InChI=1S/C24H24F3N3O5/c25-24(26,27)23(33,15-28-11-5-4-8-20(28)22(31)32)19-14-29(13-16-6-2-1-3-7-16)21-12-17(30(34)35)9-10-18(19)21/h1-3,6-7,9-10,12,14,20,33H,4-5,8,11,13,15H2,(H,31,32). The molecule has 2 atom stereocenters. The lowest BCUT2D eigenvalue weighted by molar-refractivity contribution is -0.384. The number of carbonyl (C=O) groups is 1. The zero-order chi connectivity index (χ0) is 25.4. The lowest BCUT2D eigenvalue weighted by Gasteiger charge is -2.40. The number of carboxylic acids is 1. The van der Waals surface area contributed by atoms with Crippen LogP contribution >= 0.6 is 0 Å². The van der Waals surface area contributed by atoms with E-state index in [0.717, 1.165) is 22.7 Å². The summed E-state index contributed by atoms with van der Waals surface area (Å²) in [5.41, 5.74) is -3.25. The number of β-amino-alcohol motifs (C(OH)–C–C–N with tert-alkyl or cyclic N) is 1. The number of piperidine rings is 1. The molecule has 1 saturated heterocycles. The van der Waals surface area contributed by atoms with Crippen molar-refractivity contribution in [2.75, 3.05) is 13.1 Å². The van der Waals surface area contributed by atoms with Crippen LogP contribution in [-0.2, 0) is 16.9 Å². The molecule has 4 rings (SSSR count). The number of nitro groups is 1. The van der Waals surface area contributed by atoms with Gasteiger partial charge in [0.05, 0.1) is 10.4 Å². The molecule has 1 fully saturated rings. The summed E-state index contributed by atoms with van der Waals surface area (Å²) in [6, 6.07) is 11.2. The topological polar surface area (TPSA) is 109 Å². The monoisotopic (exact) mass is 491 g/mol. The van der Waals surface area contributed by atoms with E-state index in [1.54, 1.807) is 30.3 Å². The van der Waals surface area contributed by atoms with Crippen LogP contribution in [0.5, 0.6) is 0 Å². The van der Waals surface area contributed by atoms with Gasteiger partial charge in [0, 0.05) is 42.4 Å². The van der Waals surface area contributed by atoms with E-state index in [0.29, 0.717) is 12.8 Å². The largest absolute Gasteiger partial charge is 0.480 e. The Morgan fingerprint density at radius 1 is 1.14 bits per heavy atom. The number of aliphatic carboxylic acids is 1. The minimum absolute atomic E-state index is 0.00948. The summed E-state index contributed by atoms with van der Waals surface area (Å²) in [6.07, 6.45) is -2.71. The number of halogens is 3. The van der Waals surface area contributed by atoms with Crippen LogP contribution in [0.25, 0.3) is 10.9 Å². The Bertz CT molecular complexity index is 1240. The Hall–Kier alpha value is -3.44. The van der Waals surface area contributed by atoms with E-state index in [1.807, 2.05) is 0 Å². The summed E-state index contributed by atoms with van der Waals surface area (Å²) in [7, 11) is 0. The fourth-order valence-electron chi connectivity index (χ4n) is 4.72. The predicted molar refractivity (Wildman–Crippen MR) is 121 cm³/mol. The van der Waals surface area contributed by atoms with Crippen LogP contribution in [0, 0.1) is 10.1 Å². The third kappa shape index (κ3) is 4.73. The number of aliphatic hydroxyl groups is 1. The van der Waals surface area contributed by atoms with Crippen LogP contribution in [0.15, 0.2) is 54.7 Å². The summed E-state index contributed by atoms with van der Waals surface area (Å²) in [5, 5.41) is 32.1. The zero-order valence-electron chi connectivity index (χ0n) is 18.6. The number of fused-ring (bicyclic) bond motifs is 1. The maximum atomic E-state index is 14.5. The minimum Gasteiger partial charge on any atom is -0.480 e. The van der Waals surface area contributed by atoms with Crippen LogP contribution in [0.4, 0.5) is 18.9 Å². The average Bonchev–Trinajstić information content (AvgIpc) is 3.17. The number of aromatic nitrogens is 1. The second-order valence-corrected chi connectivity index (χ2v) is 8.79. The molecule has 3 aromatic rings. The minimum atomic E-state index is -5.14. The van der Waals surface area contributed by atoms with Gasteiger partial charge in [-0.05, 0) is 31.0 Å². The van der Waals surface area contributed by atoms with Gasteiger partial charge in [-0.3, -0.25) is 19.8 Å². The van der Waals surface area contributed by atoms with Crippen molar-refractivity contribution in [3.05, 3.63) is 76.0 Å². The van der Waals surface area contributed by atoms with Gasteiger partial charge < -0.3 is 14.8 Å². The smallest absolute Gasteiger partial charge is 0.422 e. The van der Waals surface area contributed by atoms with Gasteiger partial charge in [-0.1, -0.05) is 36.8 Å². The number of hydrogen-bond acceptors (Lipinski definition) is 5. The van der Waals surface area contributed by atoms with Gasteiger partial charge in [-0.2, -0.15) is 13.2 Å². The van der Waals surface area contributed by atoms with Gasteiger partial charge in [-0.15, -0.1) is 0 Å². The van der Waals surface area contributed by atoms with Gasteiger partial charge >= 0.3 is 12.1 Å². The molecule has 2 unspecified atom stereocenters. The van der Waals surface area contributed by atoms with E-state index < -0.39 is 40.8 Å². The third-order valence-corrected chi connectivity index (χ3v) is 6.52. The fraction of sp³-hybridized carbons (Fsp3) is 0.375. The number of carboxylic acid groups (broad SMARTS) is 1. The zero-order valence-corrected chi connectivity index (χ0v) is 18.6. The van der Waals surface area contributed by atoms with Crippen molar-refractivity contribution in [1.29, 1.82) is 0 Å². The number of likely N-dealkylation sites (tertiary alicyclic amines) is 1. The molecular formula is C24H24F3N3O5. The van der Waals surface area contributed by atoms with Crippen LogP contribution in [0.1, 0.15) is 30.4 Å². The molecule has 0 amide bonds. The number of hydrogen-bond donors (Lipinski definition) is 2. The highest BCUT2D eigenvalue weighted by atomic mass is 19.4. The van der Waals surface area contributed by atoms with Gasteiger partial charge in [0.1, 0.15) is 6.04 Å². The quantitative estimate of drug-likeness (QED) is 0.377. The lowest BCUT2D eigenvalue weighted by Crippen LogP contribution is -2.56. The van der Waals surface area contributed by atoms with E-state index >= 15 is 0 Å². The maximum absolute atomic E-state index is 14.5. The van der Waals surface area contributed by atoms with Gasteiger partial charge in [-0.25, -0.2) is 0 Å². The van der Waals surface area contributed by atoms with Crippen molar-refractivity contribution < 1.29 is 33.1 Å². The number of nitrogens with zero attached hydrogens (tertiary/aromatic N) is 3. The fourth-order valence-corrected chi connectivity index (χ4v) is 4.72. The first-order chi connectivity index (χ1) is 16.5. The van der Waals surface area contributed by atoms with Crippen LogP contribution in [-0.4, -0.2) is 55.9 Å². The predicted octanol–water partition coefficient (Wildman–Crippen LogP) is 4.29. The molecule has 0 bridgehead atoms. The van der Waals surface area contributed by atoms with Crippen molar-refractivity contribution in [2.24, 2.45) is 0 Å². The lowest BCUT2D eigenvalue weighted by atomic mass is 9.90. The number of non-ortho nitro benzene ring substituents is 1. The Morgan fingerprint density at radius 3 is 2.49 bits per heavy atom. The van der Waals surface area contributed by atoms with E-state index in [9.17, 15) is 38.3 Å². The summed E-state index contributed by atoms with van der Waals surface area (Å²) < 4.78 is 44.9. The second kappa shape index (κ2) is 9.31. The molecule has 11 heteroatoms. The van der Waals surface area contributed by atoms with E-state index in [1.165, 1.54) is 16.7 Å². The Morgan fingerprint density at radius 2 is 1.86 bits per heavy atom. The molecule has 2 N–H and O–H groups in total. The van der Waals surface area contributed by atoms with Crippen molar-refractivity contribution >= 4 is 22.6 Å². The average molecular weight is 491 g/mol. The van der Waals surface area contributed by atoms with Crippen molar-refractivity contribution in [3.8, 4) is 0 Å². The molecule has 1 aliphatic heterocycles. The number of alkyl halides is 3. The maximum Gasteiger partial charge on any atom is 0.422 e. The first-order valence-corrected chi connectivity index (χ1v) is 11.1. The molecule has 0 radical (unpaired) electrons. The van der Waals surface area contributed by atoms with Crippen molar-refractivity contribution in [2.45, 2.75) is 43.6 Å².